The highest BCUT2D eigenvalue weighted by atomic mass is 32.2. The summed E-state index contributed by atoms with van der Waals surface area (Å²) >= 11 is 1.45. The molecule has 0 radical (unpaired) electrons. The maximum Gasteiger partial charge on any atom is 0.253 e. The van der Waals surface area contributed by atoms with Crippen LogP contribution in [0.5, 0.6) is 0 Å². The highest BCUT2D eigenvalue weighted by Gasteiger charge is 2.50. The summed E-state index contributed by atoms with van der Waals surface area (Å²) in [5.41, 5.74) is 2.80. The number of benzene rings is 1. The lowest BCUT2D eigenvalue weighted by Crippen LogP contribution is -2.39. The van der Waals surface area contributed by atoms with Gasteiger partial charge in [0.15, 0.2) is 15.0 Å². The quantitative estimate of drug-likeness (QED) is 0.766. The van der Waals surface area contributed by atoms with Crippen LogP contribution in [0.25, 0.3) is 0 Å². The summed E-state index contributed by atoms with van der Waals surface area (Å²) in [5, 5.41) is 0.576. The maximum atomic E-state index is 12.6. The first-order valence-corrected chi connectivity index (χ1v) is 12.2. The van der Waals surface area contributed by atoms with Crippen molar-refractivity contribution in [2.24, 2.45) is 10.4 Å². The topological polar surface area (TPSA) is 66.8 Å². The molecule has 0 bridgehead atoms. The van der Waals surface area contributed by atoms with Crippen molar-refractivity contribution in [2.75, 3.05) is 16.4 Å². The predicted molar refractivity (Wildman–Crippen MR) is 113 cm³/mol. The molecule has 5 nitrogen and oxygen atoms in total. The summed E-state index contributed by atoms with van der Waals surface area (Å²) < 4.78 is 24.5. The third-order valence-corrected chi connectivity index (χ3v) is 8.32. The Kier molecular flexibility index (Phi) is 5.47. The average molecular weight is 409 g/mol. The number of rotatable bonds is 3. The van der Waals surface area contributed by atoms with Crippen molar-refractivity contribution in [3.8, 4) is 0 Å². The molecule has 2 atom stereocenters. The SMILES string of the molecule is CCc1cccc(CC)c1N1C(=NC(=O)C(C)(C)C)SC2CS(=O)(=O)CC21. The van der Waals surface area contributed by atoms with Crippen LogP contribution in [0.15, 0.2) is 23.2 Å². The summed E-state index contributed by atoms with van der Waals surface area (Å²) in [4.78, 5) is 19.1. The van der Waals surface area contributed by atoms with Crippen LogP contribution >= 0.6 is 11.8 Å². The molecule has 2 aliphatic heterocycles. The van der Waals surface area contributed by atoms with Crippen molar-refractivity contribution in [1.29, 1.82) is 0 Å². The first kappa shape index (κ1) is 20.4. The van der Waals surface area contributed by atoms with Crippen molar-refractivity contribution < 1.29 is 13.2 Å². The zero-order valence-electron chi connectivity index (χ0n) is 16.7. The van der Waals surface area contributed by atoms with Crippen molar-refractivity contribution in [1.82, 2.24) is 0 Å². The van der Waals surface area contributed by atoms with Gasteiger partial charge in [-0.25, -0.2) is 8.42 Å². The lowest BCUT2D eigenvalue weighted by molar-refractivity contribution is -0.124. The van der Waals surface area contributed by atoms with Crippen LogP contribution < -0.4 is 4.90 Å². The number of nitrogens with zero attached hydrogens (tertiary/aromatic N) is 2. The molecule has 1 aromatic carbocycles. The van der Waals surface area contributed by atoms with E-state index < -0.39 is 15.3 Å². The van der Waals surface area contributed by atoms with Gasteiger partial charge in [0.05, 0.1) is 17.5 Å². The normalized spacial score (nSPS) is 25.8. The van der Waals surface area contributed by atoms with Gasteiger partial charge in [0, 0.05) is 16.4 Å². The molecular weight excluding hydrogens is 380 g/mol. The summed E-state index contributed by atoms with van der Waals surface area (Å²) in [7, 11) is -3.07. The Morgan fingerprint density at radius 1 is 1.19 bits per heavy atom. The zero-order chi connectivity index (χ0) is 20.0. The van der Waals surface area contributed by atoms with Gasteiger partial charge in [-0.3, -0.25) is 4.79 Å². The second-order valence-corrected chi connectivity index (χ2v) is 11.6. The number of carbonyl (C=O) groups is 1. The van der Waals surface area contributed by atoms with Gasteiger partial charge in [-0.2, -0.15) is 4.99 Å². The number of fused-ring (bicyclic) bond motifs is 1. The van der Waals surface area contributed by atoms with Crippen LogP contribution in [0, 0.1) is 5.41 Å². The van der Waals surface area contributed by atoms with E-state index in [1.807, 2.05) is 26.8 Å². The van der Waals surface area contributed by atoms with Crippen LogP contribution in [0.3, 0.4) is 0 Å². The Hall–Kier alpha value is -1.34. The van der Waals surface area contributed by atoms with Crippen molar-refractivity contribution in [2.45, 2.75) is 58.8 Å². The standard InChI is InChI=1S/C20H28N2O3S2/c1-6-13-9-8-10-14(7-2)17(13)22-15-11-27(24,25)12-16(15)26-19(22)21-18(23)20(3,4)5/h8-10,15-16H,6-7,11-12H2,1-5H3. The maximum absolute atomic E-state index is 12.6. The number of carbonyl (C=O) groups excluding carboxylic acids is 1. The molecule has 0 N–H and O–H groups in total. The minimum atomic E-state index is -3.07. The van der Waals surface area contributed by atoms with E-state index in [1.54, 1.807) is 0 Å². The minimum absolute atomic E-state index is 0.0730. The molecule has 2 aliphatic rings. The number of hydrogen-bond acceptors (Lipinski definition) is 4. The molecule has 2 heterocycles. The predicted octanol–water partition coefficient (Wildman–Crippen LogP) is 3.46. The summed E-state index contributed by atoms with van der Waals surface area (Å²) in [5.74, 6) is 0.0937. The number of sulfone groups is 1. The Bertz CT molecular complexity index is 863. The number of aryl methyl sites for hydroxylation is 2. The van der Waals surface area contributed by atoms with Crippen LogP contribution in [0.2, 0.25) is 0 Å². The molecule has 0 saturated carbocycles. The van der Waals surface area contributed by atoms with E-state index >= 15 is 0 Å². The van der Waals surface area contributed by atoms with E-state index in [2.05, 4.69) is 35.9 Å². The second-order valence-electron chi connectivity index (χ2n) is 8.25. The van der Waals surface area contributed by atoms with Crippen LogP contribution in [0.4, 0.5) is 5.69 Å². The van der Waals surface area contributed by atoms with E-state index in [-0.39, 0.29) is 28.7 Å². The van der Waals surface area contributed by atoms with Gasteiger partial charge in [0.2, 0.25) is 0 Å². The second kappa shape index (κ2) is 7.24. The van der Waals surface area contributed by atoms with Crippen LogP contribution in [-0.4, -0.2) is 42.3 Å². The molecule has 0 aliphatic carbocycles. The number of aliphatic imine (C=N–C) groups is 1. The summed E-state index contributed by atoms with van der Waals surface area (Å²) in [6.45, 7) is 9.76. The van der Waals surface area contributed by atoms with Crippen molar-refractivity contribution in [3.63, 3.8) is 0 Å². The lowest BCUT2D eigenvalue weighted by atomic mass is 9.96. The molecule has 0 spiro atoms. The largest absolute Gasteiger partial charge is 0.315 e. The van der Waals surface area contributed by atoms with Crippen LogP contribution in [0.1, 0.15) is 45.7 Å². The molecule has 27 heavy (non-hydrogen) atoms. The van der Waals surface area contributed by atoms with E-state index in [0.717, 1.165) is 29.7 Å². The van der Waals surface area contributed by atoms with Gasteiger partial charge in [0.25, 0.3) is 5.91 Å². The number of amidine groups is 1. The molecule has 2 saturated heterocycles. The summed E-state index contributed by atoms with van der Waals surface area (Å²) in [6.07, 6.45) is 1.68. The van der Waals surface area contributed by atoms with Crippen LogP contribution in [-0.2, 0) is 27.5 Å². The lowest BCUT2D eigenvalue weighted by Gasteiger charge is -2.29. The van der Waals surface area contributed by atoms with E-state index in [1.165, 1.54) is 11.8 Å². The Labute approximate surface area is 166 Å². The van der Waals surface area contributed by atoms with Gasteiger partial charge in [-0.15, -0.1) is 0 Å². The van der Waals surface area contributed by atoms with Gasteiger partial charge in [-0.1, -0.05) is 64.6 Å². The molecule has 148 valence electrons. The highest BCUT2D eigenvalue weighted by Crippen LogP contribution is 2.43. The van der Waals surface area contributed by atoms with Crippen molar-refractivity contribution >= 4 is 38.4 Å². The van der Waals surface area contributed by atoms with E-state index in [4.69, 9.17) is 0 Å². The third-order valence-electron chi connectivity index (χ3n) is 5.11. The van der Waals surface area contributed by atoms with Gasteiger partial charge < -0.3 is 4.90 Å². The number of anilines is 1. The number of para-hydroxylation sites is 1. The molecule has 2 fully saturated rings. The van der Waals surface area contributed by atoms with Gasteiger partial charge in [0.1, 0.15) is 0 Å². The van der Waals surface area contributed by atoms with Crippen molar-refractivity contribution in [3.05, 3.63) is 29.3 Å². The molecule has 1 amide bonds. The molecule has 1 aromatic rings. The number of hydrogen-bond donors (Lipinski definition) is 0. The first-order chi connectivity index (χ1) is 12.6. The van der Waals surface area contributed by atoms with Gasteiger partial charge >= 0.3 is 0 Å². The summed E-state index contributed by atoms with van der Waals surface area (Å²) in [6, 6.07) is 6.05. The molecule has 2 unspecified atom stereocenters. The molecule has 7 heteroatoms. The first-order valence-electron chi connectivity index (χ1n) is 9.47. The highest BCUT2D eigenvalue weighted by molar-refractivity contribution is 8.16. The monoisotopic (exact) mass is 408 g/mol. The third kappa shape index (κ3) is 3.94. The molecule has 3 rings (SSSR count). The number of thioether (sulfide) groups is 1. The fourth-order valence-electron chi connectivity index (χ4n) is 3.61. The molecular formula is C20H28N2O3S2. The Morgan fingerprint density at radius 3 is 2.30 bits per heavy atom. The fraction of sp³-hybridized carbons (Fsp3) is 0.600. The smallest absolute Gasteiger partial charge is 0.253 e. The molecule has 0 aromatic heterocycles. The van der Waals surface area contributed by atoms with E-state index in [0.29, 0.717) is 5.17 Å². The van der Waals surface area contributed by atoms with Gasteiger partial charge in [-0.05, 0) is 24.0 Å². The number of amides is 1. The average Bonchev–Trinajstić information content (AvgIpc) is 3.04. The minimum Gasteiger partial charge on any atom is -0.315 e. The fourth-order valence-corrected chi connectivity index (χ4v) is 7.50. The zero-order valence-corrected chi connectivity index (χ0v) is 18.3. The van der Waals surface area contributed by atoms with E-state index in [9.17, 15) is 13.2 Å². The Morgan fingerprint density at radius 2 is 1.78 bits per heavy atom. The Balaban J connectivity index is 2.15.